The number of hydrogen-bond donors (Lipinski definition) is 1. The summed E-state index contributed by atoms with van der Waals surface area (Å²) in [4.78, 5) is 40.1. The van der Waals surface area contributed by atoms with Crippen LogP contribution >= 0.6 is 0 Å². The Bertz CT molecular complexity index is 1410. The summed E-state index contributed by atoms with van der Waals surface area (Å²) in [6.07, 6.45) is 1.54. The van der Waals surface area contributed by atoms with Gasteiger partial charge in [-0.3, -0.25) is 14.4 Å². The summed E-state index contributed by atoms with van der Waals surface area (Å²) in [5, 5.41) is 6.19. The summed E-state index contributed by atoms with van der Waals surface area (Å²) in [6.45, 7) is 1.46. The highest BCUT2D eigenvalue weighted by Gasteiger charge is 2.56. The first-order valence-electron chi connectivity index (χ1n) is 12.4. The lowest BCUT2D eigenvalue weighted by atomic mass is 9.91. The van der Waals surface area contributed by atoms with E-state index in [4.69, 9.17) is 14.2 Å². The SMILES string of the molecule is COc1cc(OC)c([C@@H]2C(C(C)=O)=CN3C(=O)[C@@H](NC(=O)c4ccccc4)[C@H](c4ccccc4)N23)c(OC)c1. The normalized spacial score (nSPS) is 20.3. The number of amides is 2. The maximum Gasteiger partial charge on any atom is 0.265 e. The Morgan fingerprint density at radius 3 is 1.97 bits per heavy atom. The van der Waals surface area contributed by atoms with E-state index in [1.165, 1.54) is 33.3 Å². The molecule has 3 aromatic carbocycles. The lowest BCUT2D eigenvalue weighted by molar-refractivity contribution is -0.134. The number of rotatable bonds is 8. The summed E-state index contributed by atoms with van der Waals surface area (Å²) in [7, 11) is 4.58. The highest BCUT2D eigenvalue weighted by atomic mass is 16.5. The molecular formula is C30H29N3O6. The van der Waals surface area contributed by atoms with Crippen molar-refractivity contribution >= 4 is 17.6 Å². The van der Waals surface area contributed by atoms with E-state index in [2.05, 4.69) is 5.32 Å². The van der Waals surface area contributed by atoms with Crippen LogP contribution in [0.4, 0.5) is 0 Å². The Morgan fingerprint density at radius 1 is 0.846 bits per heavy atom. The Kier molecular flexibility index (Phi) is 7.08. The van der Waals surface area contributed by atoms with Gasteiger partial charge in [0, 0.05) is 29.5 Å². The number of hydrogen-bond acceptors (Lipinski definition) is 7. The minimum atomic E-state index is -0.928. The van der Waals surface area contributed by atoms with Crippen molar-refractivity contribution in [1.82, 2.24) is 15.3 Å². The maximum absolute atomic E-state index is 13.9. The van der Waals surface area contributed by atoms with Crippen LogP contribution in [0.1, 0.15) is 40.5 Å². The van der Waals surface area contributed by atoms with Crippen LogP contribution < -0.4 is 19.5 Å². The number of carbonyl (C=O) groups excluding carboxylic acids is 3. The molecule has 0 saturated carbocycles. The fourth-order valence-corrected chi connectivity index (χ4v) is 5.26. The van der Waals surface area contributed by atoms with E-state index in [1.807, 2.05) is 41.4 Å². The summed E-state index contributed by atoms with van der Waals surface area (Å²) < 4.78 is 16.9. The molecule has 0 aromatic heterocycles. The number of ether oxygens (including phenoxy) is 3. The van der Waals surface area contributed by atoms with E-state index >= 15 is 0 Å². The lowest BCUT2D eigenvalue weighted by Gasteiger charge is -2.34. The number of fused-ring (bicyclic) bond motifs is 1. The van der Waals surface area contributed by atoms with Gasteiger partial charge in [0.2, 0.25) is 0 Å². The lowest BCUT2D eigenvalue weighted by Crippen LogP contribution is -2.43. The van der Waals surface area contributed by atoms with Crippen LogP contribution in [0.25, 0.3) is 0 Å². The quantitative estimate of drug-likeness (QED) is 0.475. The number of nitrogens with zero attached hydrogens (tertiary/aromatic N) is 2. The number of methoxy groups -OCH3 is 3. The van der Waals surface area contributed by atoms with Gasteiger partial charge in [0.1, 0.15) is 23.3 Å². The molecule has 2 aliphatic heterocycles. The summed E-state index contributed by atoms with van der Waals surface area (Å²) in [5.74, 6) is 0.437. The zero-order chi connectivity index (χ0) is 27.7. The summed E-state index contributed by atoms with van der Waals surface area (Å²) >= 11 is 0. The van der Waals surface area contributed by atoms with E-state index in [0.29, 0.717) is 33.9 Å². The Morgan fingerprint density at radius 2 is 1.44 bits per heavy atom. The van der Waals surface area contributed by atoms with Crippen molar-refractivity contribution in [1.29, 1.82) is 0 Å². The monoisotopic (exact) mass is 527 g/mol. The first-order chi connectivity index (χ1) is 18.9. The molecule has 3 atom stereocenters. The van der Waals surface area contributed by atoms with Gasteiger partial charge in [-0.1, -0.05) is 48.5 Å². The first kappa shape index (κ1) is 26.0. The van der Waals surface area contributed by atoms with Gasteiger partial charge in [-0.25, -0.2) is 5.01 Å². The minimum Gasteiger partial charge on any atom is -0.496 e. The Labute approximate surface area is 226 Å². The molecule has 2 amide bonds. The molecule has 200 valence electrons. The van der Waals surface area contributed by atoms with E-state index in [1.54, 1.807) is 42.6 Å². The van der Waals surface area contributed by atoms with Gasteiger partial charge in [0.15, 0.2) is 5.78 Å². The largest absolute Gasteiger partial charge is 0.496 e. The van der Waals surface area contributed by atoms with Crippen molar-refractivity contribution in [3.05, 3.63) is 101 Å². The van der Waals surface area contributed by atoms with Crippen molar-refractivity contribution in [2.75, 3.05) is 21.3 Å². The molecule has 0 bridgehead atoms. The van der Waals surface area contributed by atoms with Gasteiger partial charge in [-0.15, -0.1) is 0 Å². The van der Waals surface area contributed by atoms with Gasteiger partial charge < -0.3 is 19.5 Å². The van der Waals surface area contributed by atoms with Crippen LogP contribution in [-0.2, 0) is 9.59 Å². The molecule has 0 radical (unpaired) electrons. The fraction of sp³-hybridized carbons (Fsp3) is 0.233. The molecule has 0 aliphatic carbocycles. The minimum absolute atomic E-state index is 0.209. The van der Waals surface area contributed by atoms with E-state index < -0.39 is 18.1 Å². The number of benzene rings is 3. The highest BCUT2D eigenvalue weighted by Crippen LogP contribution is 2.52. The van der Waals surface area contributed by atoms with Gasteiger partial charge in [0.05, 0.1) is 39.0 Å². The zero-order valence-electron chi connectivity index (χ0n) is 22.1. The van der Waals surface area contributed by atoms with Crippen molar-refractivity contribution in [3.63, 3.8) is 0 Å². The molecule has 9 nitrogen and oxygen atoms in total. The van der Waals surface area contributed by atoms with Crippen LogP contribution in [0, 0.1) is 0 Å². The predicted octanol–water partition coefficient (Wildman–Crippen LogP) is 3.84. The summed E-state index contributed by atoms with van der Waals surface area (Å²) in [6, 6.07) is 19.3. The molecule has 5 rings (SSSR count). The van der Waals surface area contributed by atoms with E-state index in [0.717, 1.165) is 5.56 Å². The van der Waals surface area contributed by atoms with Crippen LogP contribution in [0.15, 0.2) is 84.6 Å². The van der Waals surface area contributed by atoms with Gasteiger partial charge in [-0.05, 0) is 24.6 Å². The fourth-order valence-electron chi connectivity index (χ4n) is 5.26. The molecule has 1 fully saturated rings. The van der Waals surface area contributed by atoms with Crippen molar-refractivity contribution in [2.24, 2.45) is 0 Å². The Hall–Kier alpha value is -4.63. The van der Waals surface area contributed by atoms with Crippen molar-refractivity contribution in [2.45, 2.75) is 25.0 Å². The van der Waals surface area contributed by atoms with Crippen LogP contribution in [0.2, 0.25) is 0 Å². The number of carbonyl (C=O) groups is 3. The average molecular weight is 528 g/mol. The van der Waals surface area contributed by atoms with Gasteiger partial charge >= 0.3 is 0 Å². The molecule has 0 unspecified atom stereocenters. The van der Waals surface area contributed by atoms with Crippen molar-refractivity contribution in [3.8, 4) is 17.2 Å². The number of Topliss-reactive ketones (excluding diaryl/α,β-unsaturated/α-hetero) is 1. The second-order valence-corrected chi connectivity index (χ2v) is 9.22. The number of nitrogens with one attached hydrogen (secondary N) is 1. The molecule has 2 aliphatic rings. The topological polar surface area (TPSA) is 97.4 Å². The molecule has 1 N–H and O–H groups in total. The van der Waals surface area contributed by atoms with E-state index in [-0.39, 0.29) is 17.6 Å². The van der Waals surface area contributed by atoms with Crippen LogP contribution in [-0.4, -0.2) is 55.0 Å². The summed E-state index contributed by atoms with van der Waals surface area (Å²) in [5.41, 5.74) is 2.18. The van der Waals surface area contributed by atoms with E-state index in [9.17, 15) is 14.4 Å². The van der Waals surface area contributed by atoms with Crippen molar-refractivity contribution < 1.29 is 28.6 Å². The second-order valence-electron chi connectivity index (χ2n) is 9.22. The van der Waals surface area contributed by atoms with Gasteiger partial charge in [-0.2, -0.15) is 5.01 Å². The Balaban J connectivity index is 1.67. The van der Waals surface area contributed by atoms with Gasteiger partial charge in [0.25, 0.3) is 11.8 Å². The predicted molar refractivity (Wildman–Crippen MR) is 143 cm³/mol. The number of hydrazine groups is 1. The third-order valence-electron chi connectivity index (χ3n) is 7.06. The van der Waals surface area contributed by atoms with Crippen LogP contribution in [0.3, 0.4) is 0 Å². The molecule has 2 heterocycles. The highest BCUT2D eigenvalue weighted by molar-refractivity contribution is 6.01. The third-order valence-corrected chi connectivity index (χ3v) is 7.06. The average Bonchev–Trinajstić information content (AvgIpc) is 3.48. The molecular weight excluding hydrogens is 498 g/mol. The smallest absolute Gasteiger partial charge is 0.265 e. The molecule has 0 spiro atoms. The maximum atomic E-state index is 13.9. The molecule has 1 saturated heterocycles. The molecule has 9 heteroatoms. The standard InChI is InChI=1S/C30H29N3O6/c1-18(34)22-17-32-30(36)26(31-29(35)20-13-9-6-10-14-20)27(19-11-7-5-8-12-19)33(32)28(22)25-23(38-3)15-21(37-2)16-24(25)39-4/h5-17,26-28H,1-4H3,(H,31,35)/t26-,27-,28-/m0/s1. The molecule has 3 aromatic rings. The second kappa shape index (κ2) is 10.6. The zero-order valence-corrected chi connectivity index (χ0v) is 22.1. The third kappa shape index (κ3) is 4.51. The number of ketones is 1. The van der Waals surface area contributed by atoms with Crippen LogP contribution in [0.5, 0.6) is 17.2 Å². The first-order valence-corrected chi connectivity index (χ1v) is 12.4. The molecule has 39 heavy (non-hydrogen) atoms.